The first kappa shape index (κ1) is 12.5. The molecule has 2 unspecified atom stereocenters. The second-order valence-electron chi connectivity index (χ2n) is 5.03. The second kappa shape index (κ2) is 5.50. The number of amides is 1. The van der Waals surface area contributed by atoms with Crippen molar-refractivity contribution < 1.29 is 4.79 Å². The smallest absolute Gasteiger partial charge is 0.225 e. The van der Waals surface area contributed by atoms with Crippen LogP contribution >= 0.6 is 0 Å². The van der Waals surface area contributed by atoms with Crippen molar-refractivity contribution in [2.45, 2.75) is 27.2 Å². The van der Waals surface area contributed by atoms with Crippen molar-refractivity contribution in [2.75, 3.05) is 26.7 Å². The van der Waals surface area contributed by atoms with Crippen molar-refractivity contribution in [1.29, 1.82) is 0 Å². The van der Waals surface area contributed by atoms with E-state index >= 15 is 0 Å². The van der Waals surface area contributed by atoms with E-state index in [9.17, 15) is 4.79 Å². The van der Waals surface area contributed by atoms with Crippen LogP contribution in [0.2, 0.25) is 0 Å². The van der Waals surface area contributed by atoms with Gasteiger partial charge in [0.25, 0.3) is 0 Å². The zero-order valence-corrected chi connectivity index (χ0v) is 10.4. The van der Waals surface area contributed by atoms with Gasteiger partial charge in [-0.1, -0.05) is 20.8 Å². The maximum atomic E-state index is 12.0. The average Bonchev–Trinajstić information content (AvgIpc) is 2.64. The molecule has 0 saturated carbocycles. The number of carbonyl (C=O) groups is 1. The van der Waals surface area contributed by atoms with Crippen LogP contribution in [-0.4, -0.2) is 37.5 Å². The summed E-state index contributed by atoms with van der Waals surface area (Å²) in [6, 6.07) is 0. The predicted octanol–water partition coefficient (Wildman–Crippen LogP) is 1.35. The largest absolute Gasteiger partial charge is 0.342 e. The summed E-state index contributed by atoms with van der Waals surface area (Å²) >= 11 is 0. The normalized spacial score (nSPS) is 23.5. The quantitative estimate of drug-likeness (QED) is 0.763. The van der Waals surface area contributed by atoms with Gasteiger partial charge in [-0.2, -0.15) is 0 Å². The Hall–Kier alpha value is -0.570. The number of carbonyl (C=O) groups excluding carboxylic acids is 1. The summed E-state index contributed by atoms with van der Waals surface area (Å²) in [5, 5.41) is 3.18. The maximum Gasteiger partial charge on any atom is 0.225 e. The van der Waals surface area contributed by atoms with Crippen molar-refractivity contribution in [3.8, 4) is 0 Å². The third kappa shape index (κ3) is 3.20. The molecule has 1 aliphatic rings. The average molecular weight is 212 g/mol. The van der Waals surface area contributed by atoms with E-state index in [-0.39, 0.29) is 5.92 Å². The monoisotopic (exact) mass is 212 g/mol. The number of hydrogen-bond donors (Lipinski definition) is 1. The van der Waals surface area contributed by atoms with Crippen LogP contribution in [0, 0.1) is 17.8 Å². The molecule has 2 atom stereocenters. The zero-order chi connectivity index (χ0) is 11.4. The van der Waals surface area contributed by atoms with Gasteiger partial charge >= 0.3 is 0 Å². The van der Waals surface area contributed by atoms with Crippen molar-refractivity contribution in [3.05, 3.63) is 0 Å². The highest BCUT2D eigenvalue weighted by molar-refractivity contribution is 5.79. The molecule has 3 heteroatoms. The fourth-order valence-electron chi connectivity index (χ4n) is 2.06. The third-order valence-corrected chi connectivity index (χ3v) is 3.48. The van der Waals surface area contributed by atoms with Gasteiger partial charge in [0, 0.05) is 19.0 Å². The standard InChI is InChI=1S/C12H24N2O/c1-9(2)10(3)12(15)14-6-5-11(8-14)7-13-4/h9-11,13H,5-8H2,1-4H3. The van der Waals surface area contributed by atoms with E-state index in [1.165, 1.54) is 0 Å². The fourth-order valence-corrected chi connectivity index (χ4v) is 2.06. The lowest BCUT2D eigenvalue weighted by Gasteiger charge is -2.23. The van der Waals surface area contributed by atoms with E-state index in [4.69, 9.17) is 0 Å². The molecule has 1 heterocycles. The van der Waals surface area contributed by atoms with Crippen LogP contribution < -0.4 is 5.32 Å². The highest BCUT2D eigenvalue weighted by atomic mass is 16.2. The first-order valence-corrected chi connectivity index (χ1v) is 5.99. The van der Waals surface area contributed by atoms with Gasteiger partial charge in [-0.15, -0.1) is 0 Å². The molecular formula is C12H24N2O. The molecule has 0 aromatic rings. The molecule has 1 N–H and O–H groups in total. The van der Waals surface area contributed by atoms with Crippen LogP contribution in [0.4, 0.5) is 0 Å². The summed E-state index contributed by atoms with van der Waals surface area (Å²) in [6.07, 6.45) is 1.15. The highest BCUT2D eigenvalue weighted by Gasteiger charge is 2.29. The number of rotatable bonds is 4. The van der Waals surface area contributed by atoms with Gasteiger partial charge in [-0.05, 0) is 31.8 Å². The van der Waals surface area contributed by atoms with Crippen molar-refractivity contribution in [2.24, 2.45) is 17.8 Å². The van der Waals surface area contributed by atoms with Gasteiger partial charge in [-0.25, -0.2) is 0 Å². The Kier molecular flexibility index (Phi) is 4.58. The molecule has 1 aliphatic heterocycles. The Balaban J connectivity index is 2.43. The van der Waals surface area contributed by atoms with E-state index < -0.39 is 0 Å². The van der Waals surface area contributed by atoms with E-state index in [1.54, 1.807) is 0 Å². The van der Waals surface area contributed by atoms with Crippen LogP contribution in [0.3, 0.4) is 0 Å². The minimum Gasteiger partial charge on any atom is -0.342 e. The predicted molar refractivity (Wildman–Crippen MR) is 62.6 cm³/mol. The van der Waals surface area contributed by atoms with E-state index in [0.29, 0.717) is 17.7 Å². The molecule has 0 aromatic heterocycles. The van der Waals surface area contributed by atoms with Crippen LogP contribution in [0.25, 0.3) is 0 Å². The first-order valence-electron chi connectivity index (χ1n) is 5.99. The Morgan fingerprint density at radius 1 is 1.47 bits per heavy atom. The van der Waals surface area contributed by atoms with Crippen LogP contribution in [0.5, 0.6) is 0 Å². The Morgan fingerprint density at radius 2 is 2.13 bits per heavy atom. The summed E-state index contributed by atoms with van der Waals surface area (Å²) in [5.41, 5.74) is 0. The number of likely N-dealkylation sites (tertiary alicyclic amines) is 1. The van der Waals surface area contributed by atoms with Gasteiger partial charge in [0.15, 0.2) is 0 Å². The molecular weight excluding hydrogens is 188 g/mol. The second-order valence-corrected chi connectivity index (χ2v) is 5.03. The lowest BCUT2D eigenvalue weighted by Crippen LogP contribution is -2.36. The van der Waals surface area contributed by atoms with Crippen molar-refractivity contribution in [1.82, 2.24) is 10.2 Å². The molecule has 1 rings (SSSR count). The molecule has 0 aliphatic carbocycles. The molecule has 88 valence electrons. The number of nitrogens with one attached hydrogen (secondary N) is 1. The summed E-state index contributed by atoms with van der Waals surface area (Å²) < 4.78 is 0. The molecule has 0 spiro atoms. The van der Waals surface area contributed by atoms with Gasteiger partial charge in [0.1, 0.15) is 0 Å². The first-order chi connectivity index (χ1) is 7.06. The molecule has 3 nitrogen and oxygen atoms in total. The van der Waals surface area contributed by atoms with Gasteiger partial charge in [-0.3, -0.25) is 4.79 Å². The minimum absolute atomic E-state index is 0.165. The SMILES string of the molecule is CNCC1CCN(C(=O)C(C)C(C)C)C1. The van der Waals surface area contributed by atoms with E-state index in [0.717, 1.165) is 26.1 Å². The van der Waals surface area contributed by atoms with Gasteiger partial charge < -0.3 is 10.2 Å². The van der Waals surface area contributed by atoms with Crippen LogP contribution in [0.1, 0.15) is 27.2 Å². The molecule has 1 saturated heterocycles. The van der Waals surface area contributed by atoms with Crippen LogP contribution in [0.15, 0.2) is 0 Å². The molecule has 0 radical (unpaired) electrons. The minimum atomic E-state index is 0.165. The molecule has 0 bridgehead atoms. The Labute approximate surface area is 93.2 Å². The summed E-state index contributed by atoms with van der Waals surface area (Å²) in [7, 11) is 1.97. The summed E-state index contributed by atoms with van der Waals surface area (Å²) in [5.74, 6) is 1.60. The van der Waals surface area contributed by atoms with Crippen LogP contribution in [-0.2, 0) is 4.79 Å². The molecule has 15 heavy (non-hydrogen) atoms. The molecule has 1 fully saturated rings. The summed E-state index contributed by atoms with van der Waals surface area (Å²) in [6.45, 7) is 9.19. The summed E-state index contributed by atoms with van der Waals surface area (Å²) in [4.78, 5) is 14.1. The topological polar surface area (TPSA) is 32.3 Å². The molecule has 1 amide bonds. The van der Waals surface area contributed by atoms with Crippen molar-refractivity contribution >= 4 is 5.91 Å². The zero-order valence-electron chi connectivity index (χ0n) is 10.4. The van der Waals surface area contributed by atoms with E-state index in [2.05, 4.69) is 19.2 Å². The highest BCUT2D eigenvalue weighted by Crippen LogP contribution is 2.20. The number of nitrogens with zero attached hydrogens (tertiary/aromatic N) is 1. The fraction of sp³-hybridized carbons (Fsp3) is 0.917. The number of hydrogen-bond acceptors (Lipinski definition) is 2. The van der Waals surface area contributed by atoms with Gasteiger partial charge in [0.05, 0.1) is 0 Å². The maximum absolute atomic E-state index is 12.0. The lowest BCUT2D eigenvalue weighted by atomic mass is 9.97. The van der Waals surface area contributed by atoms with Gasteiger partial charge in [0.2, 0.25) is 5.91 Å². The molecule has 0 aromatic carbocycles. The Morgan fingerprint density at radius 3 is 2.67 bits per heavy atom. The lowest BCUT2D eigenvalue weighted by molar-refractivity contribution is -0.135. The Bertz CT molecular complexity index is 216. The van der Waals surface area contributed by atoms with Crippen molar-refractivity contribution in [3.63, 3.8) is 0 Å². The third-order valence-electron chi connectivity index (χ3n) is 3.48. The van der Waals surface area contributed by atoms with E-state index in [1.807, 2.05) is 18.9 Å².